The molecule has 1 N–H and O–H groups in total. The Bertz CT molecular complexity index is 1020. The minimum Gasteiger partial charge on any atom is -0.478 e. The number of carboxylic acids is 1. The lowest BCUT2D eigenvalue weighted by Gasteiger charge is -2.23. The Morgan fingerprint density at radius 1 is 1.22 bits per heavy atom. The number of carboxylic acid groups (broad SMARTS) is 1. The fourth-order valence-corrected chi connectivity index (χ4v) is 3.41. The molecule has 1 fully saturated rings. The molecule has 3 aromatic rings. The standard InChI is InChI=1S/C21H19FN2O3/c1-13(21(25)26)15-7-10-18-17(12-15)20(14-5-8-16(22)9-6-14)23-24(18)19-4-2-3-11-27-19/h5-10,12,19H,1-4,11H2,(H,25,26). The van der Waals surface area contributed by atoms with Gasteiger partial charge in [0.05, 0.1) is 11.1 Å². The van der Waals surface area contributed by atoms with Gasteiger partial charge in [0, 0.05) is 17.6 Å². The molecular formula is C21H19FN2O3. The van der Waals surface area contributed by atoms with Gasteiger partial charge in [-0.05, 0) is 61.2 Å². The Balaban J connectivity index is 1.90. The highest BCUT2D eigenvalue weighted by atomic mass is 19.1. The fourth-order valence-electron chi connectivity index (χ4n) is 3.41. The second kappa shape index (κ2) is 6.96. The van der Waals surface area contributed by atoms with Crippen LogP contribution in [0.25, 0.3) is 27.7 Å². The lowest BCUT2D eigenvalue weighted by Crippen LogP contribution is -2.19. The number of fused-ring (bicyclic) bond motifs is 1. The Hall–Kier alpha value is -2.99. The van der Waals surface area contributed by atoms with Crippen LogP contribution in [0.1, 0.15) is 31.1 Å². The summed E-state index contributed by atoms with van der Waals surface area (Å²) in [6.45, 7) is 4.33. The monoisotopic (exact) mass is 366 g/mol. The van der Waals surface area contributed by atoms with Gasteiger partial charge in [0.15, 0.2) is 6.23 Å². The van der Waals surface area contributed by atoms with E-state index in [0.29, 0.717) is 17.9 Å². The number of carbonyl (C=O) groups is 1. The Morgan fingerprint density at radius 3 is 2.67 bits per heavy atom. The maximum absolute atomic E-state index is 13.3. The van der Waals surface area contributed by atoms with Crippen LogP contribution in [0, 0.1) is 5.82 Å². The highest BCUT2D eigenvalue weighted by Crippen LogP contribution is 2.34. The Labute approximate surface area is 155 Å². The molecule has 1 aliphatic heterocycles. The summed E-state index contributed by atoms with van der Waals surface area (Å²) < 4.78 is 21.1. The van der Waals surface area contributed by atoms with Gasteiger partial charge in [-0.25, -0.2) is 13.9 Å². The van der Waals surface area contributed by atoms with E-state index in [1.54, 1.807) is 24.3 Å². The SMILES string of the molecule is C=C(C(=O)O)c1ccc2c(c1)c(-c1ccc(F)cc1)nn2C1CCCCO1. The van der Waals surface area contributed by atoms with Crippen LogP contribution >= 0.6 is 0 Å². The molecule has 0 aliphatic carbocycles. The van der Waals surface area contributed by atoms with E-state index in [2.05, 4.69) is 6.58 Å². The first-order valence-corrected chi connectivity index (χ1v) is 8.87. The van der Waals surface area contributed by atoms with Crippen LogP contribution in [-0.2, 0) is 9.53 Å². The normalized spacial score (nSPS) is 17.1. The van der Waals surface area contributed by atoms with Crippen molar-refractivity contribution in [2.24, 2.45) is 0 Å². The number of benzene rings is 2. The average molecular weight is 366 g/mol. The summed E-state index contributed by atoms with van der Waals surface area (Å²) in [4.78, 5) is 11.3. The number of halogens is 1. The predicted molar refractivity (Wildman–Crippen MR) is 101 cm³/mol. The minimum atomic E-state index is -1.07. The van der Waals surface area contributed by atoms with Crippen molar-refractivity contribution in [3.63, 3.8) is 0 Å². The van der Waals surface area contributed by atoms with Crippen LogP contribution in [0.3, 0.4) is 0 Å². The molecule has 4 rings (SSSR count). The minimum absolute atomic E-state index is 0.0172. The van der Waals surface area contributed by atoms with E-state index in [9.17, 15) is 14.3 Å². The van der Waals surface area contributed by atoms with Crippen molar-refractivity contribution in [3.8, 4) is 11.3 Å². The van der Waals surface area contributed by atoms with Crippen molar-refractivity contribution in [2.45, 2.75) is 25.5 Å². The van der Waals surface area contributed by atoms with Gasteiger partial charge in [-0.2, -0.15) is 5.10 Å². The molecule has 1 aromatic heterocycles. The van der Waals surface area contributed by atoms with Gasteiger partial charge >= 0.3 is 5.97 Å². The van der Waals surface area contributed by atoms with Gasteiger partial charge in [-0.3, -0.25) is 0 Å². The van der Waals surface area contributed by atoms with Crippen molar-refractivity contribution >= 4 is 22.4 Å². The molecule has 1 unspecified atom stereocenters. The third-order valence-electron chi connectivity index (χ3n) is 4.86. The molecule has 1 atom stereocenters. The fraction of sp³-hybridized carbons (Fsp3) is 0.238. The smallest absolute Gasteiger partial charge is 0.335 e. The first-order valence-electron chi connectivity index (χ1n) is 8.87. The third kappa shape index (κ3) is 3.24. The molecule has 2 heterocycles. The predicted octanol–water partition coefficient (Wildman–Crippen LogP) is 4.64. The molecule has 0 spiro atoms. The molecule has 5 nitrogen and oxygen atoms in total. The summed E-state index contributed by atoms with van der Waals surface area (Å²) in [5.74, 6) is -1.39. The average Bonchev–Trinajstić information content (AvgIpc) is 3.07. The van der Waals surface area contributed by atoms with Gasteiger partial charge in [0.25, 0.3) is 0 Å². The summed E-state index contributed by atoms with van der Waals surface area (Å²) in [5, 5.41) is 14.8. The first kappa shape index (κ1) is 17.4. The molecule has 27 heavy (non-hydrogen) atoms. The molecule has 138 valence electrons. The summed E-state index contributed by atoms with van der Waals surface area (Å²) in [6.07, 6.45) is 2.79. The van der Waals surface area contributed by atoms with Gasteiger partial charge in [0.2, 0.25) is 0 Å². The Morgan fingerprint density at radius 2 is 2.00 bits per heavy atom. The van der Waals surface area contributed by atoms with Gasteiger partial charge in [-0.15, -0.1) is 0 Å². The molecule has 0 amide bonds. The van der Waals surface area contributed by atoms with Crippen molar-refractivity contribution in [3.05, 3.63) is 60.4 Å². The van der Waals surface area contributed by atoms with Crippen molar-refractivity contribution < 1.29 is 19.0 Å². The number of aliphatic carboxylic acids is 1. The zero-order valence-electron chi connectivity index (χ0n) is 14.7. The van der Waals surface area contributed by atoms with Crippen LogP contribution in [0.2, 0.25) is 0 Å². The third-order valence-corrected chi connectivity index (χ3v) is 4.86. The van der Waals surface area contributed by atoms with E-state index in [1.807, 2.05) is 10.7 Å². The molecule has 0 saturated carbocycles. The number of hydrogen-bond acceptors (Lipinski definition) is 3. The number of rotatable bonds is 4. The molecule has 1 saturated heterocycles. The lowest BCUT2D eigenvalue weighted by molar-refractivity contribution is -0.130. The van der Waals surface area contributed by atoms with Crippen LogP contribution in [0.15, 0.2) is 49.0 Å². The zero-order valence-corrected chi connectivity index (χ0v) is 14.7. The van der Waals surface area contributed by atoms with Crippen LogP contribution < -0.4 is 0 Å². The summed E-state index contributed by atoms with van der Waals surface area (Å²) >= 11 is 0. The molecule has 1 aliphatic rings. The first-order chi connectivity index (χ1) is 13.0. The van der Waals surface area contributed by atoms with Crippen molar-refractivity contribution in [1.29, 1.82) is 0 Å². The van der Waals surface area contributed by atoms with Gasteiger partial charge in [-0.1, -0.05) is 12.6 Å². The van der Waals surface area contributed by atoms with E-state index < -0.39 is 5.97 Å². The van der Waals surface area contributed by atoms with E-state index in [-0.39, 0.29) is 17.6 Å². The summed E-state index contributed by atoms with van der Waals surface area (Å²) in [7, 11) is 0. The Kier molecular flexibility index (Phi) is 4.49. The molecule has 6 heteroatoms. The van der Waals surface area contributed by atoms with E-state index in [1.165, 1.54) is 12.1 Å². The number of aromatic nitrogens is 2. The maximum atomic E-state index is 13.3. The highest BCUT2D eigenvalue weighted by molar-refractivity contribution is 6.15. The zero-order chi connectivity index (χ0) is 19.0. The van der Waals surface area contributed by atoms with E-state index >= 15 is 0 Å². The van der Waals surface area contributed by atoms with Crippen molar-refractivity contribution in [2.75, 3.05) is 6.61 Å². The largest absolute Gasteiger partial charge is 0.478 e. The summed E-state index contributed by atoms with van der Waals surface area (Å²) in [5.41, 5.74) is 2.81. The van der Waals surface area contributed by atoms with Crippen LogP contribution in [0.4, 0.5) is 4.39 Å². The maximum Gasteiger partial charge on any atom is 0.335 e. The quantitative estimate of drug-likeness (QED) is 0.683. The van der Waals surface area contributed by atoms with Gasteiger partial charge in [0.1, 0.15) is 11.5 Å². The molecule has 0 bridgehead atoms. The molecular weight excluding hydrogens is 347 g/mol. The van der Waals surface area contributed by atoms with Crippen LogP contribution in [-0.4, -0.2) is 27.5 Å². The van der Waals surface area contributed by atoms with Crippen molar-refractivity contribution in [1.82, 2.24) is 9.78 Å². The molecule has 2 aromatic carbocycles. The molecule has 0 radical (unpaired) electrons. The second-order valence-electron chi connectivity index (χ2n) is 6.64. The number of nitrogens with zero attached hydrogens (tertiary/aromatic N) is 2. The van der Waals surface area contributed by atoms with E-state index in [0.717, 1.165) is 35.7 Å². The number of ether oxygens (including phenoxy) is 1. The van der Waals surface area contributed by atoms with Gasteiger partial charge < -0.3 is 9.84 Å². The highest BCUT2D eigenvalue weighted by Gasteiger charge is 2.22. The van der Waals surface area contributed by atoms with E-state index in [4.69, 9.17) is 9.84 Å². The second-order valence-corrected chi connectivity index (χ2v) is 6.64. The topological polar surface area (TPSA) is 64.3 Å². The van der Waals surface area contributed by atoms with Crippen LogP contribution in [0.5, 0.6) is 0 Å². The summed E-state index contributed by atoms with van der Waals surface area (Å²) in [6, 6.07) is 11.5. The number of hydrogen-bond donors (Lipinski definition) is 1. The lowest BCUT2D eigenvalue weighted by atomic mass is 10.0.